The molecule has 6 aromatic heterocycles. The molecular formula is C42H37BrCl2N14O6. The molecule has 2 aliphatic carbocycles. The molecule has 10 rings (SSSR count). The minimum atomic E-state index is -1.15. The number of amides is 4. The quantitative estimate of drug-likeness (QED) is 0.120. The molecule has 0 bridgehead atoms. The van der Waals surface area contributed by atoms with Gasteiger partial charge in [-0.25, -0.2) is 19.9 Å². The largest absolute Gasteiger partial charge is 0.384 e. The number of nitrogens with zero attached hydrogens (tertiary/aromatic N) is 8. The number of carbonyl (C=O) groups excluding carboxylic acids is 4. The van der Waals surface area contributed by atoms with Crippen molar-refractivity contribution in [3.8, 4) is 0 Å². The summed E-state index contributed by atoms with van der Waals surface area (Å²) in [6, 6.07) is 12.8. The van der Waals surface area contributed by atoms with Crippen LogP contribution in [0.1, 0.15) is 71.6 Å². The molecule has 0 aromatic carbocycles. The van der Waals surface area contributed by atoms with E-state index in [-0.39, 0.29) is 62.2 Å². The van der Waals surface area contributed by atoms with E-state index in [1.165, 1.54) is 40.0 Å². The molecule has 2 aliphatic heterocycles. The first kappa shape index (κ1) is 44.5. The number of pyridine rings is 4. The zero-order valence-electron chi connectivity index (χ0n) is 34.3. The van der Waals surface area contributed by atoms with E-state index in [4.69, 9.17) is 28.9 Å². The second kappa shape index (κ2) is 17.8. The van der Waals surface area contributed by atoms with Gasteiger partial charge in [-0.3, -0.25) is 47.9 Å². The Balaban J connectivity index is 0.000000148. The minimum Gasteiger partial charge on any atom is -0.384 e. The van der Waals surface area contributed by atoms with Gasteiger partial charge in [0.25, 0.3) is 22.9 Å². The summed E-state index contributed by atoms with van der Waals surface area (Å²) >= 11 is 15.7. The molecule has 332 valence electrons. The van der Waals surface area contributed by atoms with Gasteiger partial charge in [0, 0.05) is 59.9 Å². The van der Waals surface area contributed by atoms with Gasteiger partial charge in [-0.1, -0.05) is 23.2 Å². The number of hydrogen-bond acceptors (Lipinski definition) is 14. The number of nitrogen functional groups attached to an aromatic ring is 1. The molecule has 4 aliphatic rings. The summed E-state index contributed by atoms with van der Waals surface area (Å²) in [5.41, 5.74) is 4.27. The van der Waals surface area contributed by atoms with Crippen LogP contribution in [0.4, 0.5) is 29.0 Å². The fourth-order valence-electron chi connectivity index (χ4n) is 7.15. The molecule has 0 saturated heterocycles. The molecule has 20 nitrogen and oxygen atoms in total. The maximum atomic E-state index is 13.4. The third-order valence-electron chi connectivity index (χ3n) is 10.8. The van der Waals surface area contributed by atoms with Crippen molar-refractivity contribution in [2.75, 3.05) is 21.7 Å². The summed E-state index contributed by atoms with van der Waals surface area (Å²) in [6.07, 6.45) is 12.7. The van der Waals surface area contributed by atoms with Crippen molar-refractivity contribution in [2.24, 2.45) is 11.8 Å². The Hall–Kier alpha value is -7.10. The molecule has 4 amide bonds. The lowest BCUT2D eigenvalue weighted by Crippen LogP contribution is -2.46. The highest BCUT2D eigenvalue weighted by atomic mass is 79.9. The van der Waals surface area contributed by atoms with E-state index >= 15 is 0 Å². The predicted molar refractivity (Wildman–Crippen MR) is 242 cm³/mol. The number of halogens is 3. The molecule has 23 heteroatoms. The molecule has 0 spiro atoms. The molecule has 0 radical (unpaired) electrons. The lowest BCUT2D eigenvalue weighted by atomic mass is 10.0. The van der Waals surface area contributed by atoms with Gasteiger partial charge in [-0.15, -0.1) is 0 Å². The average molecular weight is 985 g/mol. The first-order valence-electron chi connectivity index (χ1n) is 19.9. The smallest absolute Gasteiger partial charge is 0.277 e. The fraction of sp³-hybridized carbons (Fsp3) is 0.238. The van der Waals surface area contributed by atoms with Crippen LogP contribution in [0.5, 0.6) is 0 Å². The van der Waals surface area contributed by atoms with Crippen molar-refractivity contribution in [1.82, 2.24) is 49.7 Å². The van der Waals surface area contributed by atoms with Crippen molar-refractivity contribution < 1.29 is 19.2 Å². The Kier molecular flexibility index (Phi) is 12.2. The number of fused-ring (bicyclic) bond motifs is 2. The van der Waals surface area contributed by atoms with Gasteiger partial charge >= 0.3 is 0 Å². The molecule has 65 heavy (non-hydrogen) atoms. The number of carbonyl (C=O) groups is 4. The minimum absolute atomic E-state index is 0.0254. The summed E-state index contributed by atoms with van der Waals surface area (Å²) in [5.74, 6) is 0.766. The Morgan fingerprint density at radius 3 is 1.62 bits per heavy atom. The van der Waals surface area contributed by atoms with Gasteiger partial charge in [0.2, 0.25) is 11.8 Å². The van der Waals surface area contributed by atoms with Crippen molar-refractivity contribution in [3.63, 3.8) is 0 Å². The van der Waals surface area contributed by atoms with Crippen molar-refractivity contribution in [3.05, 3.63) is 144 Å². The molecular weight excluding hydrogens is 947 g/mol. The first-order chi connectivity index (χ1) is 31.1. The Bertz CT molecular complexity index is 3010. The monoisotopic (exact) mass is 982 g/mol. The molecule has 6 aromatic rings. The summed E-state index contributed by atoms with van der Waals surface area (Å²) in [5, 5.41) is 14.3. The highest BCUT2D eigenvalue weighted by molar-refractivity contribution is 9.10. The van der Waals surface area contributed by atoms with Gasteiger partial charge in [0.05, 0.1) is 14.5 Å². The highest BCUT2D eigenvalue weighted by Gasteiger charge is 2.44. The molecule has 2 unspecified atom stereocenters. The van der Waals surface area contributed by atoms with Crippen LogP contribution >= 0.6 is 39.1 Å². The third-order valence-corrected chi connectivity index (χ3v) is 11.9. The molecule has 7 N–H and O–H groups in total. The van der Waals surface area contributed by atoms with Gasteiger partial charge in [0.1, 0.15) is 64.3 Å². The van der Waals surface area contributed by atoms with Gasteiger partial charge in [0.15, 0.2) is 0 Å². The summed E-state index contributed by atoms with van der Waals surface area (Å²) in [4.78, 5) is 97.6. The first-order valence-corrected chi connectivity index (χ1v) is 21.4. The summed E-state index contributed by atoms with van der Waals surface area (Å²) < 4.78 is 3.01. The Labute approximate surface area is 387 Å². The second-order valence-corrected chi connectivity index (χ2v) is 17.2. The van der Waals surface area contributed by atoms with Crippen molar-refractivity contribution >= 4 is 91.7 Å². The van der Waals surface area contributed by atoms with E-state index in [1.54, 1.807) is 69.0 Å². The van der Waals surface area contributed by atoms with Crippen LogP contribution in [0, 0.1) is 11.8 Å². The van der Waals surface area contributed by atoms with E-state index in [0.29, 0.717) is 33.3 Å². The highest BCUT2D eigenvalue weighted by Crippen LogP contribution is 2.35. The van der Waals surface area contributed by atoms with Crippen LogP contribution in [0.15, 0.2) is 100 Å². The molecule has 8 heterocycles. The maximum absolute atomic E-state index is 13.4. The summed E-state index contributed by atoms with van der Waals surface area (Å²) in [7, 11) is 0. The van der Waals surface area contributed by atoms with Crippen LogP contribution in [0.25, 0.3) is 0 Å². The zero-order valence-corrected chi connectivity index (χ0v) is 37.4. The molecule has 2 saturated carbocycles. The van der Waals surface area contributed by atoms with Crippen LogP contribution in [-0.4, -0.2) is 62.7 Å². The second-order valence-electron chi connectivity index (χ2n) is 15.5. The van der Waals surface area contributed by atoms with Gasteiger partial charge < -0.3 is 32.3 Å². The predicted octanol–water partition coefficient (Wildman–Crippen LogP) is 4.77. The van der Waals surface area contributed by atoms with Crippen LogP contribution in [0.2, 0.25) is 10.0 Å². The Morgan fingerprint density at radius 1 is 0.677 bits per heavy atom. The Morgan fingerprint density at radius 2 is 1.12 bits per heavy atom. The number of nitrogens with two attached hydrogens (primary N) is 1. The number of hydrogen-bond donors (Lipinski definition) is 6. The van der Waals surface area contributed by atoms with Crippen LogP contribution in [-0.2, 0) is 20.9 Å². The van der Waals surface area contributed by atoms with Crippen molar-refractivity contribution in [2.45, 2.75) is 50.9 Å². The van der Waals surface area contributed by atoms with E-state index in [1.807, 2.05) is 0 Å². The van der Waals surface area contributed by atoms with Gasteiger partial charge in [-0.2, -0.15) is 0 Å². The molecule has 2 atom stereocenters. The third kappa shape index (κ3) is 9.15. The van der Waals surface area contributed by atoms with E-state index in [0.717, 1.165) is 31.2 Å². The number of aromatic nitrogens is 8. The van der Waals surface area contributed by atoms with Gasteiger partial charge in [-0.05, 0) is 91.9 Å². The van der Waals surface area contributed by atoms with E-state index in [2.05, 4.69) is 72.4 Å². The van der Waals surface area contributed by atoms with E-state index in [9.17, 15) is 28.8 Å². The maximum Gasteiger partial charge on any atom is 0.277 e. The van der Waals surface area contributed by atoms with E-state index < -0.39 is 22.8 Å². The van der Waals surface area contributed by atoms with Crippen LogP contribution in [0.3, 0.4) is 0 Å². The fourth-order valence-corrected chi connectivity index (χ4v) is 8.25. The number of anilines is 5. The zero-order chi connectivity index (χ0) is 46.2. The van der Waals surface area contributed by atoms with Crippen LogP contribution < -0.4 is 43.4 Å². The standard InChI is InChI=1S/C21H18ClN7O3.C13H9BrClN3O2.C8H10N4O/c1-21(12-4-6-23-7-5-12)28-19(31)17-13(22)8-14(20(32)29(17)21)26-15-9-16(25-10-24-15)27-18(30)11-2-3-11;1-13(7-2-4-16-5-3-7)17-11(19)10-9(15)6-8(14)12(20)18(10)13;9-6-3-7(11-4-10-6)12-8(13)5-1-2-5/h4-11H,2-3H2,1H3,(H,28,31)(H2,24,25,26,27,30);2-6H,1H3,(H,17,19);3-5H,1-2H2,(H3,9,10,11,12,13). The normalized spacial score (nSPS) is 18.9. The lowest BCUT2D eigenvalue weighted by molar-refractivity contribution is -0.118. The van der Waals surface area contributed by atoms with Crippen molar-refractivity contribution in [1.29, 1.82) is 0 Å². The number of nitrogens with one attached hydrogen (secondary N) is 5. The molecule has 2 fully saturated rings. The number of rotatable bonds is 8. The summed E-state index contributed by atoms with van der Waals surface area (Å²) in [6.45, 7) is 3.47. The average Bonchev–Trinajstić information content (AvgIpc) is 4.22. The topological polar surface area (TPSA) is 276 Å². The lowest BCUT2D eigenvalue weighted by Gasteiger charge is -2.28. The SMILES string of the molecule is CC1(c2ccncc2)NC(=O)c2c(Cl)cc(Br)c(=O)n21.CC1(c2ccncc2)NC(=O)c2c(Cl)cc(Nc3cc(NC(=O)C4CC4)ncn3)c(=O)n21.Nc1cc(NC(=O)C2CC2)ncn1.